The van der Waals surface area contributed by atoms with Crippen LogP contribution in [0.2, 0.25) is 0 Å². The Hall–Kier alpha value is -2.67. The fourth-order valence-corrected chi connectivity index (χ4v) is 3.55. The Morgan fingerprint density at radius 1 is 0.742 bits per heavy atom. The molecule has 0 aromatic rings. The minimum absolute atomic E-state index is 0.286. The maximum atomic E-state index is 10.6. The molecule has 0 unspecified atom stereocenters. The lowest BCUT2D eigenvalue weighted by Gasteiger charge is -2.32. The van der Waals surface area contributed by atoms with Gasteiger partial charge in [-0.15, -0.1) is 0 Å². The normalized spacial score (nSPS) is 19.6. The monoisotopic (exact) mass is 416 g/mol. The number of aldehydes is 1. The number of carbonyl (C=O) groups excluding carboxylic acids is 1. The third-order valence-corrected chi connectivity index (χ3v) is 5.51. The molecule has 0 heterocycles. The number of hydrogen-bond acceptors (Lipinski definition) is 1. The van der Waals surface area contributed by atoms with Gasteiger partial charge in [-0.1, -0.05) is 109 Å². The maximum Gasteiger partial charge on any atom is 0.145 e. The van der Waals surface area contributed by atoms with E-state index in [1.54, 1.807) is 6.92 Å². The number of rotatable bonds is 9. The molecule has 1 rings (SSSR count). The van der Waals surface area contributed by atoms with Gasteiger partial charge in [0.25, 0.3) is 0 Å². The highest BCUT2D eigenvalue weighted by Gasteiger charge is 2.26. The van der Waals surface area contributed by atoms with Gasteiger partial charge in [0.05, 0.1) is 0 Å². The van der Waals surface area contributed by atoms with Crippen LogP contribution in [0, 0.1) is 5.41 Å². The predicted octanol–water partition coefficient (Wildman–Crippen LogP) is 8.72. The molecule has 0 aromatic carbocycles. The molecule has 0 aromatic heterocycles. The SMILES string of the molecule is CC1=C(/C=C/C(C)=C/C=C/C(C)=C/C=C/C=C(C)\C=C\C=C(/C)C=O)C(C)(C)CCC1. The summed E-state index contributed by atoms with van der Waals surface area (Å²) >= 11 is 0. The van der Waals surface area contributed by atoms with Gasteiger partial charge in [0.15, 0.2) is 0 Å². The molecule has 0 amide bonds. The van der Waals surface area contributed by atoms with E-state index in [-0.39, 0.29) is 5.41 Å². The van der Waals surface area contributed by atoms with Gasteiger partial charge >= 0.3 is 0 Å². The van der Waals surface area contributed by atoms with E-state index in [2.05, 4.69) is 71.1 Å². The van der Waals surface area contributed by atoms with Gasteiger partial charge in [0, 0.05) is 0 Å². The zero-order valence-corrected chi connectivity index (χ0v) is 20.5. The van der Waals surface area contributed by atoms with E-state index in [9.17, 15) is 4.79 Å². The van der Waals surface area contributed by atoms with Crippen molar-refractivity contribution in [1.29, 1.82) is 0 Å². The molecule has 0 spiro atoms. The highest BCUT2D eigenvalue weighted by molar-refractivity contribution is 5.72. The van der Waals surface area contributed by atoms with Crippen molar-refractivity contribution in [3.05, 3.63) is 106 Å². The Bertz CT molecular complexity index is 887. The van der Waals surface area contributed by atoms with Crippen molar-refractivity contribution in [3.8, 4) is 0 Å². The molecule has 31 heavy (non-hydrogen) atoms. The second-order valence-corrected chi connectivity index (χ2v) is 9.13. The highest BCUT2D eigenvalue weighted by atomic mass is 16.1. The van der Waals surface area contributed by atoms with Crippen molar-refractivity contribution in [2.75, 3.05) is 0 Å². The van der Waals surface area contributed by atoms with Gasteiger partial charge in [-0.25, -0.2) is 0 Å². The van der Waals surface area contributed by atoms with Crippen LogP contribution in [0.5, 0.6) is 0 Å². The third kappa shape index (κ3) is 10.8. The molecular formula is C30H40O. The zero-order valence-electron chi connectivity index (χ0n) is 20.5. The molecule has 0 fully saturated rings. The number of carbonyl (C=O) groups is 1. The van der Waals surface area contributed by atoms with E-state index in [1.807, 2.05) is 43.4 Å². The molecule has 0 N–H and O–H groups in total. The Morgan fingerprint density at radius 3 is 1.74 bits per heavy atom. The number of allylic oxidation sites excluding steroid dienone is 18. The van der Waals surface area contributed by atoms with E-state index in [1.165, 1.54) is 41.6 Å². The lowest BCUT2D eigenvalue weighted by atomic mass is 9.72. The smallest absolute Gasteiger partial charge is 0.145 e. The topological polar surface area (TPSA) is 17.1 Å². The van der Waals surface area contributed by atoms with Gasteiger partial charge in [-0.3, -0.25) is 4.79 Å². The quantitative estimate of drug-likeness (QED) is 0.209. The molecular weight excluding hydrogens is 376 g/mol. The van der Waals surface area contributed by atoms with Crippen LogP contribution in [-0.4, -0.2) is 6.29 Å². The summed E-state index contributed by atoms with van der Waals surface area (Å²) in [6, 6.07) is 0. The van der Waals surface area contributed by atoms with Crippen LogP contribution in [0.15, 0.2) is 106 Å². The van der Waals surface area contributed by atoms with Gasteiger partial charge in [-0.05, 0) is 70.4 Å². The van der Waals surface area contributed by atoms with E-state index in [0.717, 1.165) is 17.4 Å². The van der Waals surface area contributed by atoms with Crippen molar-refractivity contribution < 1.29 is 4.79 Å². The van der Waals surface area contributed by atoms with E-state index in [0.29, 0.717) is 0 Å². The van der Waals surface area contributed by atoms with E-state index >= 15 is 0 Å². The summed E-state index contributed by atoms with van der Waals surface area (Å²) < 4.78 is 0. The average Bonchev–Trinajstić information content (AvgIpc) is 2.70. The fraction of sp³-hybridized carbons (Fsp3) is 0.367. The van der Waals surface area contributed by atoms with Crippen LogP contribution in [0.25, 0.3) is 0 Å². The molecule has 1 aliphatic rings. The Labute approximate surface area is 190 Å². The zero-order chi connectivity index (χ0) is 23.3. The summed E-state index contributed by atoms with van der Waals surface area (Å²) in [7, 11) is 0. The molecule has 0 bridgehead atoms. The fourth-order valence-electron chi connectivity index (χ4n) is 3.55. The Morgan fingerprint density at radius 2 is 1.23 bits per heavy atom. The van der Waals surface area contributed by atoms with Gasteiger partial charge < -0.3 is 0 Å². The summed E-state index contributed by atoms with van der Waals surface area (Å²) in [6.07, 6.45) is 29.5. The van der Waals surface area contributed by atoms with E-state index < -0.39 is 0 Å². The summed E-state index contributed by atoms with van der Waals surface area (Å²) in [4.78, 5) is 10.6. The van der Waals surface area contributed by atoms with Crippen LogP contribution >= 0.6 is 0 Å². The summed E-state index contributed by atoms with van der Waals surface area (Å²) in [6.45, 7) is 15.1. The molecule has 0 saturated heterocycles. The van der Waals surface area contributed by atoms with Gasteiger partial charge in [0.2, 0.25) is 0 Å². The van der Waals surface area contributed by atoms with Crippen molar-refractivity contribution in [1.82, 2.24) is 0 Å². The lowest BCUT2D eigenvalue weighted by molar-refractivity contribution is -0.104. The Balaban J connectivity index is 2.65. The van der Waals surface area contributed by atoms with Crippen LogP contribution in [0.1, 0.15) is 67.7 Å². The molecule has 1 heteroatoms. The molecule has 1 nitrogen and oxygen atoms in total. The van der Waals surface area contributed by atoms with Gasteiger partial charge in [0.1, 0.15) is 6.29 Å². The number of hydrogen-bond donors (Lipinski definition) is 0. The first-order chi connectivity index (χ1) is 14.7. The van der Waals surface area contributed by atoms with Crippen molar-refractivity contribution >= 4 is 6.29 Å². The second-order valence-electron chi connectivity index (χ2n) is 9.13. The van der Waals surface area contributed by atoms with Gasteiger partial charge in [-0.2, -0.15) is 0 Å². The highest BCUT2D eigenvalue weighted by Crippen LogP contribution is 2.40. The van der Waals surface area contributed by atoms with Crippen LogP contribution < -0.4 is 0 Å². The minimum Gasteiger partial charge on any atom is -0.298 e. The minimum atomic E-state index is 0.286. The molecule has 0 atom stereocenters. The molecule has 0 saturated carbocycles. The molecule has 0 aliphatic heterocycles. The molecule has 166 valence electrons. The van der Waals surface area contributed by atoms with Crippen molar-refractivity contribution in [3.63, 3.8) is 0 Å². The van der Waals surface area contributed by atoms with Crippen LogP contribution in [0.4, 0.5) is 0 Å². The van der Waals surface area contributed by atoms with Crippen LogP contribution in [-0.2, 0) is 4.79 Å². The standard InChI is InChI=1S/C30H40O/c1-24(13-8-9-14-25(2)16-11-18-27(4)23-31)15-10-17-26(3)20-21-29-28(5)19-12-22-30(29,6)7/h8-11,13-18,20-21,23H,12,19,22H2,1-7H3/b9-8+,15-10+,16-11+,21-20+,24-13+,25-14-,26-17+,27-18+. The summed E-state index contributed by atoms with van der Waals surface area (Å²) in [5, 5.41) is 0. The first-order valence-corrected chi connectivity index (χ1v) is 11.2. The predicted molar refractivity (Wildman–Crippen MR) is 138 cm³/mol. The summed E-state index contributed by atoms with van der Waals surface area (Å²) in [5.41, 5.74) is 7.62. The largest absolute Gasteiger partial charge is 0.298 e. The van der Waals surface area contributed by atoms with Crippen LogP contribution in [0.3, 0.4) is 0 Å². The van der Waals surface area contributed by atoms with Crippen molar-refractivity contribution in [2.45, 2.75) is 67.7 Å². The Kier molecular flexibility index (Phi) is 11.6. The van der Waals surface area contributed by atoms with Crippen molar-refractivity contribution in [2.24, 2.45) is 5.41 Å². The molecule has 1 aliphatic carbocycles. The third-order valence-electron chi connectivity index (χ3n) is 5.51. The second kappa shape index (κ2) is 13.6. The molecule has 0 radical (unpaired) electrons. The average molecular weight is 417 g/mol. The first kappa shape index (κ1) is 26.4. The maximum absolute atomic E-state index is 10.6. The lowest BCUT2D eigenvalue weighted by Crippen LogP contribution is -2.19. The summed E-state index contributed by atoms with van der Waals surface area (Å²) in [5.74, 6) is 0. The first-order valence-electron chi connectivity index (χ1n) is 11.2. The van der Waals surface area contributed by atoms with E-state index in [4.69, 9.17) is 0 Å².